The normalized spacial score (nSPS) is 20.5. The number of aliphatic carboxylic acids is 1. The average molecular weight is 490 g/mol. The predicted octanol–water partition coefficient (Wildman–Crippen LogP) is -0.0963. The Hall–Kier alpha value is -3.36. The lowest BCUT2D eigenvalue weighted by atomic mass is 10.0. The number of nitrogens with two attached hydrogens (primary N) is 1. The number of benzene rings is 1. The van der Waals surface area contributed by atoms with Gasteiger partial charge >= 0.3 is 5.97 Å². The summed E-state index contributed by atoms with van der Waals surface area (Å²) in [5, 5.41) is 25.0. The van der Waals surface area contributed by atoms with Gasteiger partial charge in [-0.1, -0.05) is 29.1 Å². The molecule has 2 aromatic rings. The van der Waals surface area contributed by atoms with Crippen LogP contribution in [-0.4, -0.2) is 72.5 Å². The molecule has 3 heterocycles. The highest BCUT2D eigenvalue weighted by Crippen LogP contribution is 2.41. The van der Waals surface area contributed by atoms with Gasteiger partial charge in [0.25, 0.3) is 5.91 Å². The zero-order valence-electron chi connectivity index (χ0n) is 16.9. The molecule has 14 heteroatoms. The van der Waals surface area contributed by atoms with Crippen LogP contribution in [0.4, 0.5) is 5.69 Å². The van der Waals surface area contributed by atoms with Gasteiger partial charge in [0.1, 0.15) is 28.2 Å². The summed E-state index contributed by atoms with van der Waals surface area (Å²) in [6.45, 7) is 0. The van der Waals surface area contributed by atoms with Gasteiger partial charge in [-0.15, -0.1) is 16.9 Å². The first-order valence-corrected chi connectivity index (χ1v) is 11.7. The van der Waals surface area contributed by atoms with Crippen molar-refractivity contribution in [2.24, 2.45) is 5.73 Å². The number of carbonyl (C=O) groups excluding carboxylic acids is 3. The van der Waals surface area contributed by atoms with Gasteiger partial charge in [0.15, 0.2) is 0 Å². The van der Waals surface area contributed by atoms with Gasteiger partial charge in [0.05, 0.1) is 6.20 Å². The summed E-state index contributed by atoms with van der Waals surface area (Å²) in [4.78, 5) is 49.3. The maximum absolute atomic E-state index is 12.8. The van der Waals surface area contributed by atoms with Gasteiger partial charge in [-0.2, -0.15) is 0 Å². The van der Waals surface area contributed by atoms with Gasteiger partial charge in [-0.25, -0.2) is 4.79 Å². The van der Waals surface area contributed by atoms with E-state index in [2.05, 4.69) is 26.0 Å². The molecule has 4 rings (SSSR count). The molecule has 33 heavy (non-hydrogen) atoms. The summed E-state index contributed by atoms with van der Waals surface area (Å²) in [6.07, 6.45) is 2.11. The van der Waals surface area contributed by atoms with Crippen molar-refractivity contribution in [3.05, 3.63) is 47.3 Å². The highest BCUT2D eigenvalue weighted by Gasteiger charge is 2.54. The predicted molar refractivity (Wildman–Crippen MR) is 120 cm³/mol. The van der Waals surface area contributed by atoms with Gasteiger partial charge in [0.2, 0.25) is 12.3 Å². The van der Waals surface area contributed by atoms with Crippen LogP contribution in [0.1, 0.15) is 11.6 Å². The van der Waals surface area contributed by atoms with Crippen molar-refractivity contribution in [1.29, 1.82) is 0 Å². The molecule has 2 aliphatic heterocycles. The number of nitrogens with zero attached hydrogens (tertiary/aromatic N) is 3. The Bertz CT molecular complexity index is 1120. The van der Waals surface area contributed by atoms with Gasteiger partial charge in [-0.05, 0) is 23.3 Å². The number of thioether (sulfide) groups is 2. The Balaban J connectivity index is 1.44. The highest BCUT2D eigenvalue weighted by molar-refractivity contribution is 8.01. The fraction of sp³-hybridized carbons (Fsp3) is 0.263. The lowest BCUT2D eigenvalue weighted by Crippen LogP contribution is -2.71. The molecule has 0 spiro atoms. The molecule has 3 atom stereocenters. The average Bonchev–Trinajstić information content (AvgIpc) is 3.33. The Morgan fingerprint density at radius 3 is 2.97 bits per heavy atom. The molecule has 12 nitrogen and oxygen atoms in total. The largest absolute Gasteiger partial charge is 0.477 e. The SMILES string of the molecule is NC(C(=O)NC1C(=O)N2C(C(=O)O)=C(CSc3c[nH]nn3)CS[C@@H]12)c1cccc(NC=O)c1. The molecule has 2 aliphatic rings. The van der Waals surface area contributed by atoms with Gasteiger partial charge in [0, 0.05) is 17.2 Å². The molecular weight excluding hydrogens is 470 g/mol. The molecule has 0 bridgehead atoms. The van der Waals surface area contributed by atoms with E-state index in [1.165, 1.54) is 28.4 Å². The number of H-pyrrole nitrogens is 1. The molecule has 1 aromatic carbocycles. The first kappa shape index (κ1) is 22.8. The molecule has 1 aromatic heterocycles. The summed E-state index contributed by atoms with van der Waals surface area (Å²) in [6, 6.07) is 4.53. The fourth-order valence-electron chi connectivity index (χ4n) is 3.50. The fourth-order valence-corrected chi connectivity index (χ4v) is 5.77. The third kappa shape index (κ3) is 4.58. The second-order valence-electron chi connectivity index (χ2n) is 7.12. The molecule has 0 aliphatic carbocycles. The molecule has 6 N–H and O–H groups in total. The number of anilines is 1. The molecule has 0 saturated carbocycles. The lowest BCUT2D eigenvalue weighted by molar-refractivity contribution is -0.150. The minimum atomic E-state index is -1.20. The zero-order chi connectivity index (χ0) is 23.5. The number of β-lactam (4-membered cyclic amide) rings is 1. The standard InChI is InChI=1S/C19H19N7O5S2/c20-13(9-2-1-3-11(4-9)21-8-27)16(28)23-14-17(29)26-15(19(30)31)10(7-33-18(14)26)6-32-12-5-22-25-24-12/h1-5,8,13-14,18H,6-7,20H2,(H,21,27)(H,23,28)(H,30,31)(H,22,24,25)/t13?,14?,18-/m0/s1. The summed E-state index contributed by atoms with van der Waals surface area (Å²) < 4.78 is 0. The van der Waals surface area contributed by atoms with E-state index in [0.29, 0.717) is 39.8 Å². The Morgan fingerprint density at radius 1 is 1.45 bits per heavy atom. The number of aromatic nitrogens is 3. The second kappa shape index (κ2) is 9.64. The van der Waals surface area contributed by atoms with E-state index < -0.39 is 35.2 Å². The van der Waals surface area contributed by atoms with Crippen molar-refractivity contribution in [3.63, 3.8) is 0 Å². The number of carboxylic acids is 1. The molecule has 3 amide bonds. The van der Waals surface area contributed by atoms with E-state index in [9.17, 15) is 24.3 Å². The first-order chi connectivity index (χ1) is 15.9. The van der Waals surface area contributed by atoms with Crippen LogP contribution in [0.2, 0.25) is 0 Å². The van der Waals surface area contributed by atoms with Crippen LogP contribution >= 0.6 is 23.5 Å². The third-order valence-corrected chi connectivity index (χ3v) is 7.42. The van der Waals surface area contributed by atoms with Crippen LogP contribution in [0.5, 0.6) is 0 Å². The maximum Gasteiger partial charge on any atom is 0.352 e. The first-order valence-electron chi connectivity index (χ1n) is 9.66. The molecule has 0 radical (unpaired) electrons. The smallest absolute Gasteiger partial charge is 0.352 e. The maximum atomic E-state index is 12.8. The van der Waals surface area contributed by atoms with Crippen LogP contribution in [0.15, 0.2) is 46.8 Å². The molecule has 1 saturated heterocycles. The monoisotopic (exact) mass is 489 g/mol. The summed E-state index contributed by atoms with van der Waals surface area (Å²) in [7, 11) is 0. The van der Waals surface area contributed by atoms with Crippen LogP contribution in [0.25, 0.3) is 0 Å². The minimum Gasteiger partial charge on any atom is -0.477 e. The second-order valence-corrected chi connectivity index (χ2v) is 9.22. The Labute approximate surface area is 195 Å². The van der Waals surface area contributed by atoms with Crippen molar-refractivity contribution < 1.29 is 24.3 Å². The Morgan fingerprint density at radius 2 is 2.27 bits per heavy atom. The number of fused-ring (bicyclic) bond motifs is 1. The summed E-state index contributed by atoms with van der Waals surface area (Å²) in [5.41, 5.74) is 7.50. The summed E-state index contributed by atoms with van der Waals surface area (Å²) in [5.74, 6) is -1.57. The number of carboxylic acid groups (broad SMARTS) is 1. The van der Waals surface area contributed by atoms with E-state index in [1.807, 2.05) is 0 Å². The van der Waals surface area contributed by atoms with Gasteiger partial charge in [-0.3, -0.25) is 24.4 Å². The van der Waals surface area contributed by atoms with Crippen molar-refractivity contribution >= 4 is 53.4 Å². The van der Waals surface area contributed by atoms with Crippen molar-refractivity contribution in [3.8, 4) is 0 Å². The minimum absolute atomic E-state index is 0.0674. The van der Waals surface area contributed by atoms with E-state index in [-0.39, 0.29) is 5.70 Å². The number of aromatic amines is 1. The van der Waals surface area contributed by atoms with E-state index in [4.69, 9.17) is 5.73 Å². The van der Waals surface area contributed by atoms with E-state index in [0.717, 1.165) is 0 Å². The number of rotatable bonds is 9. The van der Waals surface area contributed by atoms with Crippen molar-refractivity contribution in [2.75, 3.05) is 16.8 Å². The number of carbonyl (C=O) groups is 4. The van der Waals surface area contributed by atoms with Crippen molar-refractivity contribution in [2.45, 2.75) is 22.5 Å². The topological polar surface area (TPSA) is 183 Å². The van der Waals surface area contributed by atoms with Crippen LogP contribution < -0.4 is 16.4 Å². The summed E-state index contributed by atoms with van der Waals surface area (Å²) >= 11 is 2.68. The number of hydrogen-bond acceptors (Lipinski definition) is 9. The quantitative estimate of drug-likeness (QED) is 0.181. The van der Waals surface area contributed by atoms with Gasteiger partial charge < -0.3 is 21.5 Å². The van der Waals surface area contributed by atoms with E-state index >= 15 is 0 Å². The van der Waals surface area contributed by atoms with Crippen molar-refractivity contribution in [1.82, 2.24) is 25.6 Å². The molecule has 1 fully saturated rings. The van der Waals surface area contributed by atoms with E-state index in [1.54, 1.807) is 30.5 Å². The number of hydrogen-bond donors (Lipinski definition) is 5. The number of nitrogens with one attached hydrogen (secondary N) is 3. The lowest BCUT2D eigenvalue weighted by Gasteiger charge is -2.49. The molecule has 172 valence electrons. The van der Waals surface area contributed by atoms with Crippen LogP contribution in [-0.2, 0) is 19.2 Å². The zero-order valence-corrected chi connectivity index (χ0v) is 18.6. The molecular formula is C19H19N7O5S2. The highest BCUT2D eigenvalue weighted by atomic mass is 32.2. The Kier molecular flexibility index (Phi) is 6.67. The number of amides is 3. The molecule has 2 unspecified atom stereocenters. The van der Waals surface area contributed by atoms with Crippen LogP contribution in [0, 0.1) is 0 Å². The third-order valence-electron chi connectivity index (χ3n) is 5.09. The van der Waals surface area contributed by atoms with Crippen LogP contribution in [0.3, 0.4) is 0 Å².